The molecule has 0 aliphatic carbocycles. The van der Waals surface area contributed by atoms with Crippen molar-refractivity contribution in [2.24, 2.45) is 0 Å². The van der Waals surface area contributed by atoms with E-state index in [1.165, 1.54) is 0 Å². The van der Waals surface area contributed by atoms with Crippen molar-refractivity contribution in [2.45, 2.75) is 31.9 Å². The molecule has 108 valence electrons. The molecule has 0 aromatic heterocycles. The predicted molar refractivity (Wildman–Crippen MR) is 70.0 cm³/mol. The highest BCUT2D eigenvalue weighted by molar-refractivity contribution is 4.80. The van der Waals surface area contributed by atoms with Crippen LogP contribution >= 0.6 is 0 Å². The summed E-state index contributed by atoms with van der Waals surface area (Å²) in [6.07, 6.45) is 2.12. The van der Waals surface area contributed by atoms with Crippen LogP contribution in [0, 0.1) is 0 Å². The van der Waals surface area contributed by atoms with Gasteiger partial charge in [-0.2, -0.15) is 0 Å². The summed E-state index contributed by atoms with van der Waals surface area (Å²) in [4.78, 5) is 0. The van der Waals surface area contributed by atoms with Crippen molar-refractivity contribution in [3.8, 4) is 0 Å². The SMILES string of the molecule is CCNC1CCOCC1OCCCOCCOC. The van der Waals surface area contributed by atoms with E-state index >= 15 is 0 Å². The van der Waals surface area contributed by atoms with E-state index in [-0.39, 0.29) is 6.10 Å². The van der Waals surface area contributed by atoms with E-state index in [1.54, 1.807) is 7.11 Å². The molecule has 1 heterocycles. The first-order valence-electron chi connectivity index (χ1n) is 6.88. The van der Waals surface area contributed by atoms with Crippen molar-refractivity contribution < 1.29 is 18.9 Å². The molecular weight excluding hydrogens is 234 g/mol. The zero-order valence-electron chi connectivity index (χ0n) is 11.7. The number of rotatable bonds is 10. The average Bonchev–Trinajstić information content (AvgIpc) is 2.40. The van der Waals surface area contributed by atoms with Crippen LogP contribution in [0.25, 0.3) is 0 Å². The van der Waals surface area contributed by atoms with Crippen LogP contribution < -0.4 is 5.32 Å². The third-order valence-electron chi connectivity index (χ3n) is 2.97. The minimum absolute atomic E-state index is 0.178. The Bertz CT molecular complexity index is 190. The Morgan fingerprint density at radius 1 is 1.22 bits per heavy atom. The maximum atomic E-state index is 5.86. The van der Waals surface area contributed by atoms with E-state index in [2.05, 4.69) is 12.2 Å². The molecule has 18 heavy (non-hydrogen) atoms. The zero-order valence-corrected chi connectivity index (χ0v) is 11.7. The van der Waals surface area contributed by atoms with Gasteiger partial charge in [0.2, 0.25) is 0 Å². The van der Waals surface area contributed by atoms with Crippen LogP contribution in [-0.4, -0.2) is 65.4 Å². The number of hydrogen-bond acceptors (Lipinski definition) is 5. The van der Waals surface area contributed by atoms with Crippen LogP contribution in [0.5, 0.6) is 0 Å². The van der Waals surface area contributed by atoms with Gasteiger partial charge in [-0.1, -0.05) is 6.92 Å². The lowest BCUT2D eigenvalue weighted by Gasteiger charge is -2.32. The smallest absolute Gasteiger partial charge is 0.0961 e. The summed E-state index contributed by atoms with van der Waals surface area (Å²) in [7, 11) is 1.68. The monoisotopic (exact) mass is 261 g/mol. The fourth-order valence-electron chi connectivity index (χ4n) is 2.01. The molecule has 1 saturated heterocycles. The van der Waals surface area contributed by atoms with Gasteiger partial charge >= 0.3 is 0 Å². The van der Waals surface area contributed by atoms with Gasteiger partial charge in [0.15, 0.2) is 0 Å². The number of nitrogens with one attached hydrogen (secondary N) is 1. The first-order valence-corrected chi connectivity index (χ1v) is 6.88. The van der Waals surface area contributed by atoms with Gasteiger partial charge in [-0.3, -0.25) is 0 Å². The summed E-state index contributed by atoms with van der Waals surface area (Å²) in [5.74, 6) is 0. The lowest BCUT2D eigenvalue weighted by molar-refractivity contribution is -0.0725. The molecule has 2 unspecified atom stereocenters. The molecule has 0 saturated carbocycles. The van der Waals surface area contributed by atoms with Crippen LogP contribution in [-0.2, 0) is 18.9 Å². The van der Waals surface area contributed by atoms with Gasteiger partial charge in [0.25, 0.3) is 0 Å². The van der Waals surface area contributed by atoms with Gasteiger partial charge in [0.05, 0.1) is 25.9 Å². The quantitative estimate of drug-likeness (QED) is 0.590. The van der Waals surface area contributed by atoms with Crippen molar-refractivity contribution in [1.82, 2.24) is 5.32 Å². The maximum absolute atomic E-state index is 5.86. The molecular formula is C13H27NO4. The lowest BCUT2D eigenvalue weighted by Crippen LogP contribution is -2.47. The van der Waals surface area contributed by atoms with Crippen LogP contribution in [0.15, 0.2) is 0 Å². The van der Waals surface area contributed by atoms with E-state index in [0.717, 1.165) is 39.2 Å². The van der Waals surface area contributed by atoms with Crippen LogP contribution in [0.2, 0.25) is 0 Å². The molecule has 0 aromatic rings. The van der Waals surface area contributed by atoms with Crippen LogP contribution in [0.4, 0.5) is 0 Å². The maximum Gasteiger partial charge on any atom is 0.0961 e. The average molecular weight is 261 g/mol. The van der Waals surface area contributed by atoms with Gasteiger partial charge in [0, 0.05) is 33.0 Å². The summed E-state index contributed by atoms with van der Waals surface area (Å²) in [5, 5.41) is 3.45. The fraction of sp³-hybridized carbons (Fsp3) is 1.00. The van der Waals surface area contributed by atoms with E-state index < -0.39 is 0 Å². The lowest BCUT2D eigenvalue weighted by atomic mass is 10.1. The van der Waals surface area contributed by atoms with Crippen molar-refractivity contribution in [2.75, 3.05) is 53.3 Å². The Labute approximate surface area is 110 Å². The van der Waals surface area contributed by atoms with Crippen molar-refractivity contribution >= 4 is 0 Å². The summed E-state index contributed by atoms with van der Waals surface area (Å²) >= 11 is 0. The second kappa shape index (κ2) is 10.7. The molecule has 1 fully saturated rings. The van der Waals surface area contributed by atoms with Crippen molar-refractivity contribution in [1.29, 1.82) is 0 Å². The molecule has 0 amide bonds. The number of ether oxygens (including phenoxy) is 4. The highest BCUT2D eigenvalue weighted by Crippen LogP contribution is 2.11. The minimum atomic E-state index is 0.178. The molecule has 1 N–H and O–H groups in total. The van der Waals surface area contributed by atoms with E-state index in [9.17, 15) is 0 Å². The first-order chi connectivity index (χ1) is 8.88. The van der Waals surface area contributed by atoms with E-state index in [1.807, 2.05) is 0 Å². The Morgan fingerprint density at radius 3 is 2.89 bits per heavy atom. The summed E-state index contributed by atoms with van der Waals surface area (Å²) in [6.45, 7) is 7.38. The van der Waals surface area contributed by atoms with Crippen molar-refractivity contribution in [3.05, 3.63) is 0 Å². The molecule has 5 heteroatoms. The largest absolute Gasteiger partial charge is 0.382 e. The zero-order chi connectivity index (χ0) is 13.1. The van der Waals surface area contributed by atoms with Crippen molar-refractivity contribution in [3.63, 3.8) is 0 Å². The second-order valence-electron chi connectivity index (χ2n) is 4.40. The topological polar surface area (TPSA) is 49.0 Å². The fourth-order valence-corrected chi connectivity index (χ4v) is 2.01. The number of likely N-dealkylation sites (N-methyl/N-ethyl adjacent to an activating group) is 1. The Kier molecular flexibility index (Phi) is 9.42. The predicted octanol–water partition coefficient (Wildman–Crippen LogP) is 0.823. The minimum Gasteiger partial charge on any atom is -0.382 e. The highest BCUT2D eigenvalue weighted by Gasteiger charge is 2.25. The molecule has 0 radical (unpaired) electrons. The van der Waals surface area contributed by atoms with Gasteiger partial charge in [-0.15, -0.1) is 0 Å². The third kappa shape index (κ3) is 6.66. The standard InChI is InChI=1S/C13H27NO4/c1-3-14-12-5-8-17-11-13(12)18-7-4-6-16-10-9-15-2/h12-14H,3-11H2,1-2H3. The molecule has 1 aliphatic rings. The Balaban J connectivity index is 2.02. The van der Waals surface area contributed by atoms with Gasteiger partial charge in [-0.25, -0.2) is 0 Å². The molecule has 2 atom stereocenters. The summed E-state index contributed by atoms with van der Waals surface area (Å²) < 4.78 is 21.6. The van der Waals surface area contributed by atoms with Crippen LogP contribution in [0.1, 0.15) is 19.8 Å². The normalized spacial score (nSPS) is 24.3. The summed E-state index contributed by atoms with van der Waals surface area (Å²) in [6, 6.07) is 0.429. The molecule has 0 bridgehead atoms. The van der Waals surface area contributed by atoms with E-state index in [0.29, 0.717) is 25.9 Å². The third-order valence-corrected chi connectivity index (χ3v) is 2.97. The Morgan fingerprint density at radius 2 is 2.11 bits per heavy atom. The second-order valence-corrected chi connectivity index (χ2v) is 4.40. The number of methoxy groups -OCH3 is 1. The first kappa shape index (κ1) is 15.9. The van der Waals surface area contributed by atoms with Crippen LogP contribution in [0.3, 0.4) is 0 Å². The van der Waals surface area contributed by atoms with Gasteiger partial charge in [0.1, 0.15) is 0 Å². The van der Waals surface area contributed by atoms with E-state index in [4.69, 9.17) is 18.9 Å². The molecule has 0 aromatic carbocycles. The molecule has 0 spiro atoms. The molecule has 1 rings (SSSR count). The summed E-state index contributed by atoms with van der Waals surface area (Å²) in [5.41, 5.74) is 0. The number of hydrogen-bond donors (Lipinski definition) is 1. The van der Waals surface area contributed by atoms with Gasteiger partial charge in [-0.05, 0) is 19.4 Å². The molecule has 5 nitrogen and oxygen atoms in total. The van der Waals surface area contributed by atoms with Gasteiger partial charge < -0.3 is 24.3 Å². The Hall–Kier alpha value is -0.200. The highest BCUT2D eigenvalue weighted by atomic mass is 16.5. The molecule has 1 aliphatic heterocycles.